The Morgan fingerprint density at radius 3 is 2.67 bits per heavy atom. The lowest BCUT2D eigenvalue weighted by Gasteiger charge is -2.10. The second-order valence-corrected chi connectivity index (χ2v) is 7.97. The van der Waals surface area contributed by atoms with Crippen LogP contribution in [-0.4, -0.2) is 46.4 Å². The van der Waals surface area contributed by atoms with Crippen LogP contribution in [0, 0.1) is 0 Å². The molecular weight excluding hydrogens is 448 g/mol. The van der Waals surface area contributed by atoms with Crippen molar-refractivity contribution >= 4 is 22.8 Å². The Bertz CT molecular complexity index is 1370. The highest BCUT2D eigenvalue weighted by atomic mass is 35.5. The Morgan fingerprint density at radius 1 is 1.09 bits per heavy atom. The summed E-state index contributed by atoms with van der Waals surface area (Å²) in [6, 6.07) is 7.66. The van der Waals surface area contributed by atoms with Crippen LogP contribution in [0.4, 0.5) is 0 Å². The first kappa shape index (κ1) is 22.7. The van der Waals surface area contributed by atoms with E-state index in [1.165, 1.54) is 13.9 Å². The molecule has 0 aliphatic rings. The number of tetrazole rings is 1. The normalized spacial score (nSPS) is 11.4. The van der Waals surface area contributed by atoms with Crippen LogP contribution in [0.1, 0.15) is 37.6 Å². The van der Waals surface area contributed by atoms with E-state index in [0.29, 0.717) is 37.4 Å². The van der Waals surface area contributed by atoms with E-state index in [2.05, 4.69) is 25.4 Å². The van der Waals surface area contributed by atoms with Crippen molar-refractivity contribution in [3.63, 3.8) is 0 Å². The van der Waals surface area contributed by atoms with Gasteiger partial charge in [0.1, 0.15) is 5.75 Å². The van der Waals surface area contributed by atoms with Crippen molar-refractivity contribution in [1.29, 1.82) is 0 Å². The monoisotopic (exact) mass is 472 g/mol. The van der Waals surface area contributed by atoms with Gasteiger partial charge in [0.15, 0.2) is 17.0 Å². The number of nitrogens with one attached hydrogen (secondary N) is 1. The molecular formula is C21H25ClN8O3. The Balaban J connectivity index is 1.48. The molecule has 0 unspecified atom stereocenters. The van der Waals surface area contributed by atoms with E-state index in [-0.39, 0.29) is 17.3 Å². The van der Waals surface area contributed by atoms with Crippen LogP contribution in [0.2, 0.25) is 5.28 Å². The van der Waals surface area contributed by atoms with Crippen molar-refractivity contribution in [3.8, 4) is 5.75 Å². The molecule has 3 aromatic heterocycles. The largest absolute Gasteiger partial charge is 0.496 e. The van der Waals surface area contributed by atoms with E-state index in [9.17, 15) is 9.59 Å². The first-order valence-corrected chi connectivity index (χ1v) is 11.2. The van der Waals surface area contributed by atoms with E-state index in [1.807, 2.05) is 31.2 Å². The van der Waals surface area contributed by atoms with Crippen LogP contribution < -0.4 is 16.0 Å². The fraction of sp³-hybridized carbons (Fsp3) is 0.429. The van der Waals surface area contributed by atoms with E-state index >= 15 is 0 Å². The lowest BCUT2D eigenvalue weighted by molar-refractivity contribution is 0.410. The third kappa shape index (κ3) is 4.82. The number of halogens is 1. The van der Waals surface area contributed by atoms with Gasteiger partial charge in [-0.05, 0) is 35.7 Å². The highest BCUT2D eigenvalue weighted by molar-refractivity contribution is 6.28. The lowest BCUT2D eigenvalue weighted by Crippen LogP contribution is -2.40. The van der Waals surface area contributed by atoms with E-state index in [0.717, 1.165) is 24.2 Å². The maximum atomic E-state index is 13.0. The Labute approximate surface area is 194 Å². The smallest absolute Gasteiger partial charge is 0.332 e. The summed E-state index contributed by atoms with van der Waals surface area (Å²) in [6.07, 6.45) is 2.65. The lowest BCUT2D eigenvalue weighted by atomic mass is 10.1. The van der Waals surface area contributed by atoms with Gasteiger partial charge >= 0.3 is 5.69 Å². The van der Waals surface area contributed by atoms with Gasteiger partial charge in [0, 0.05) is 25.1 Å². The molecule has 1 aromatic carbocycles. The number of nitrogens with zero attached hydrogens (tertiary/aromatic N) is 7. The first-order chi connectivity index (χ1) is 16.0. The van der Waals surface area contributed by atoms with Crippen molar-refractivity contribution in [2.45, 2.75) is 52.2 Å². The van der Waals surface area contributed by atoms with Crippen LogP contribution in [0.25, 0.3) is 11.2 Å². The molecule has 12 heteroatoms. The van der Waals surface area contributed by atoms with Gasteiger partial charge < -0.3 is 9.72 Å². The molecule has 0 amide bonds. The number of methoxy groups -OCH3 is 1. The number of hydrogen-bond donors (Lipinski definition) is 1. The number of benzene rings is 1. The Morgan fingerprint density at radius 2 is 1.88 bits per heavy atom. The fourth-order valence-corrected chi connectivity index (χ4v) is 3.86. The highest BCUT2D eigenvalue weighted by Gasteiger charge is 2.17. The van der Waals surface area contributed by atoms with Gasteiger partial charge in [-0.2, -0.15) is 9.78 Å². The average molecular weight is 473 g/mol. The number of ether oxygens (including phenoxy) is 1. The average Bonchev–Trinajstić information content (AvgIpc) is 3.42. The van der Waals surface area contributed by atoms with E-state index < -0.39 is 11.2 Å². The summed E-state index contributed by atoms with van der Waals surface area (Å²) in [5, 5.41) is 12.7. The summed E-state index contributed by atoms with van der Waals surface area (Å²) in [7, 11) is 1.62. The Hall–Kier alpha value is -3.47. The summed E-state index contributed by atoms with van der Waals surface area (Å²) >= 11 is 5.96. The second kappa shape index (κ2) is 9.99. The van der Waals surface area contributed by atoms with Gasteiger partial charge in [-0.15, -0.1) is 10.2 Å². The number of aromatic nitrogens is 8. The van der Waals surface area contributed by atoms with Gasteiger partial charge in [0.05, 0.1) is 13.7 Å². The van der Waals surface area contributed by atoms with Crippen LogP contribution in [0.5, 0.6) is 5.75 Å². The molecule has 33 heavy (non-hydrogen) atoms. The fourth-order valence-electron chi connectivity index (χ4n) is 3.68. The number of rotatable bonds is 10. The second-order valence-electron chi connectivity index (χ2n) is 7.61. The molecule has 4 rings (SSSR count). The number of hydrogen-bond acceptors (Lipinski definition) is 7. The Kier molecular flexibility index (Phi) is 6.87. The van der Waals surface area contributed by atoms with Crippen molar-refractivity contribution in [1.82, 2.24) is 39.3 Å². The minimum absolute atomic E-state index is 0.0823. The first-order valence-electron chi connectivity index (χ1n) is 10.8. The SMILES string of the molecule is CCCCn1c(=O)n(CCCn2nnc(Cc3ccccc3OC)n2)c(=O)c2[nH]c(Cl)nc21. The third-order valence-corrected chi connectivity index (χ3v) is 5.52. The summed E-state index contributed by atoms with van der Waals surface area (Å²) in [6.45, 7) is 3.11. The highest BCUT2D eigenvalue weighted by Crippen LogP contribution is 2.19. The quantitative estimate of drug-likeness (QED) is 0.350. The maximum absolute atomic E-state index is 13.0. The molecule has 0 spiro atoms. The molecule has 1 N–H and O–H groups in total. The molecule has 0 aliphatic carbocycles. The zero-order valence-corrected chi connectivity index (χ0v) is 19.2. The van der Waals surface area contributed by atoms with Crippen molar-refractivity contribution < 1.29 is 4.74 Å². The molecule has 3 heterocycles. The van der Waals surface area contributed by atoms with Crippen LogP contribution in [0.3, 0.4) is 0 Å². The van der Waals surface area contributed by atoms with Crippen molar-refractivity contribution in [3.05, 3.63) is 61.8 Å². The van der Waals surface area contributed by atoms with Crippen LogP contribution in [0.15, 0.2) is 33.9 Å². The van der Waals surface area contributed by atoms with Crippen molar-refractivity contribution in [2.24, 2.45) is 0 Å². The van der Waals surface area contributed by atoms with Crippen LogP contribution in [-0.2, 0) is 26.1 Å². The summed E-state index contributed by atoms with van der Waals surface area (Å²) in [5.41, 5.74) is 0.649. The van der Waals surface area contributed by atoms with Gasteiger partial charge in [-0.1, -0.05) is 31.5 Å². The topological polar surface area (TPSA) is 126 Å². The zero-order valence-electron chi connectivity index (χ0n) is 18.5. The van der Waals surface area contributed by atoms with Crippen molar-refractivity contribution in [2.75, 3.05) is 7.11 Å². The van der Waals surface area contributed by atoms with E-state index in [1.54, 1.807) is 7.11 Å². The molecule has 4 aromatic rings. The molecule has 0 bridgehead atoms. The summed E-state index contributed by atoms with van der Waals surface area (Å²) in [5.74, 6) is 1.33. The zero-order chi connectivity index (χ0) is 23.4. The molecule has 0 fully saturated rings. The minimum atomic E-state index is -0.439. The predicted octanol–water partition coefficient (Wildman–Crippen LogP) is 2.02. The van der Waals surface area contributed by atoms with E-state index in [4.69, 9.17) is 16.3 Å². The summed E-state index contributed by atoms with van der Waals surface area (Å²) in [4.78, 5) is 34.2. The van der Waals surface area contributed by atoms with Gasteiger partial charge in [-0.25, -0.2) is 4.79 Å². The van der Waals surface area contributed by atoms with Gasteiger partial charge in [-0.3, -0.25) is 13.9 Å². The molecule has 11 nitrogen and oxygen atoms in total. The predicted molar refractivity (Wildman–Crippen MR) is 123 cm³/mol. The minimum Gasteiger partial charge on any atom is -0.496 e. The third-order valence-electron chi connectivity index (χ3n) is 5.34. The molecule has 0 saturated carbocycles. The molecule has 174 valence electrons. The molecule has 0 atom stereocenters. The van der Waals surface area contributed by atoms with Gasteiger partial charge in [0.25, 0.3) is 5.56 Å². The molecule has 0 saturated heterocycles. The summed E-state index contributed by atoms with van der Waals surface area (Å²) < 4.78 is 8.07. The number of imidazole rings is 1. The number of unbranched alkanes of at least 4 members (excludes halogenated alkanes) is 1. The maximum Gasteiger partial charge on any atom is 0.332 e. The molecule has 0 aliphatic heterocycles. The standard InChI is InChI=1S/C21H25ClN8O3/c1-3-4-10-28-18-17(23-20(22)24-18)19(31)29(21(28)32)11-7-12-30-26-16(25-27-30)13-14-8-5-6-9-15(14)33-2/h5-6,8-9H,3-4,7,10-13H2,1-2H3,(H,23,24). The number of aromatic amines is 1. The van der Waals surface area contributed by atoms with Crippen LogP contribution >= 0.6 is 11.6 Å². The van der Waals surface area contributed by atoms with Gasteiger partial charge in [0.2, 0.25) is 5.28 Å². The number of H-pyrrole nitrogens is 1. The number of fused-ring (bicyclic) bond motifs is 1. The number of para-hydroxylation sites is 1. The number of aryl methyl sites for hydroxylation is 2. The molecule has 0 radical (unpaired) electrons.